The van der Waals surface area contributed by atoms with Crippen molar-refractivity contribution in [2.75, 3.05) is 26.3 Å². The zero-order chi connectivity index (χ0) is 23.2. The van der Waals surface area contributed by atoms with E-state index in [0.29, 0.717) is 39.3 Å². The van der Waals surface area contributed by atoms with Gasteiger partial charge in [-0.05, 0) is 37.5 Å². The third-order valence-corrected chi connectivity index (χ3v) is 5.57. The maximum Gasteiger partial charge on any atom is 0.242 e. The van der Waals surface area contributed by atoms with Crippen LogP contribution in [-0.2, 0) is 34.5 Å². The van der Waals surface area contributed by atoms with Crippen molar-refractivity contribution in [1.82, 2.24) is 14.4 Å². The lowest BCUT2D eigenvalue weighted by Crippen LogP contribution is -2.43. The average Bonchev–Trinajstić information content (AvgIpc) is 3.20. The van der Waals surface area contributed by atoms with Gasteiger partial charge in [-0.3, -0.25) is 9.59 Å². The summed E-state index contributed by atoms with van der Waals surface area (Å²) in [6.45, 7) is 7.01. The van der Waals surface area contributed by atoms with Crippen LogP contribution >= 0.6 is 0 Å². The third kappa shape index (κ3) is 8.87. The molecular weight excluding hydrogens is 402 g/mol. The largest absolute Gasteiger partial charge is 0.382 e. The molecule has 0 N–H and O–H groups in total. The number of rotatable bonds is 15. The minimum atomic E-state index is -0.0321. The van der Waals surface area contributed by atoms with Crippen LogP contribution in [0.15, 0.2) is 48.7 Å². The summed E-state index contributed by atoms with van der Waals surface area (Å²) in [5.41, 5.74) is 2.14. The van der Waals surface area contributed by atoms with Crippen molar-refractivity contribution in [2.45, 2.75) is 59.0 Å². The molecule has 176 valence electrons. The Bertz CT molecular complexity index is 804. The van der Waals surface area contributed by atoms with E-state index in [2.05, 4.69) is 6.92 Å². The van der Waals surface area contributed by atoms with E-state index in [1.807, 2.05) is 72.1 Å². The van der Waals surface area contributed by atoms with E-state index in [0.717, 1.165) is 36.9 Å². The molecule has 0 spiro atoms. The van der Waals surface area contributed by atoms with Crippen molar-refractivity contribution < 1.29 is 14.3 Å². The number of ether oxygens (including phenoxy) is 1. The van der Waals surface area contributed by atoms with Crippen molar-refractivity contribution in [3.63, 3.8) is 0 Å². The summed E-state index contributed by atoms with van der Waals surface area (Å²) >= 11 is 0. The van der Waals surface area contributed by atoms with Gasteiger partial charge in [-0.1, -0.05) is 50.1 Å². The number of benzene rings is 1. The highest BCUT2D eigenvalue weighted by Gasteiger charge is 2.22. The normalized spacial score (nSPS) is 10.8. The van der Waals surface area contributed by atoms with E-state index in [9.17, 15) is 9.59 Å². The Labute approximate surface area is 193 Å². The first-order chi connectivity index (χ1) is 15.5. The number of nitrogens with zero attached hydrogens (tertiary/aromatic N) is 3. The minimum Gasteiger partial charge on any atom is -0.382 e. The van der Waals surface area contributed by atoms with Crippen LogP contribution in [0.2, 0.25) is 0 Å². The van der Waals surface area contributed by atoms with Crippen LogP contribution in [0.3, 0.4) is 0 Å². The van der Waals surface area contributed by atoms with Crippen molar-refractivity contribution in [3.05, 3.63) is 59.9 Å². The number of aryl methyl sites for hydroxylation is 1. The topological polar surface area (TPSA) is 54.8 Å². The summed E-state index contributed by atoms with van der Waals surface area (Å²) in [6.07, 6.45) is 6.17. The van der Waals surface area contributed by atoms with E-state index in [1.54, 1.807) is 4.90 Å². The van der Waals surface area contributed by atoms with Gasteiger partial charge >= 0.3 is 0 Å². The molecule has 0 saturated heterocycles. The second-order valence-electron chi connectivity index (χ2n) is 8.17. The fraction of sp³-hybridized carbons (Fsp3) is 0.538. The van der Waals surface area contributed by atoms with Crippen molar-refractivity contribution in [1.29, 1.82) is 0 Å². The molecule has 0 aliphatic carbocycles. The van der Waals surface area contributed by atoms with E-state index in [1.165, 1.54) is 0 Å². The number of aromatic nitrogens is 1. The lowest BCUT2D eigenvalue weighted by atomic mass is 10.2. The number of carbonyl (C=O) groups is 2. The lowest BCUT2D eigenvalue weighted by molar-refractivity contribution is -0.141. The molecule has 0 saturated carbocycles. The minimum absolute atomic E-state index is 0.0321. The number of amides is 2. The van der Waals surface area contributed by atoms with Crippen LogP contribution in [0.5, 0.6) is 0 Å². The molecule has 0 bridgehead atoms. The van der Waals surface area contributed by atoms with Gasteiger partial charge in [-0.15, -0.1) is 0 Å². The van der Waals surface area contributed by atoms with Gasteiger partial charge in [0.15, 0.2) is 0 Å². The first kappa shape index (κ1) is 25.7. The van der Waals surface area contributed by atoms with Crippen molar-refractivity contribution in [3.8, 4) is 0 Å². The third-order valence-electron chi connectivity index (χ3n) is 5.57. The number of hydrogen-bond acceptors (Lipinski definition) is 3. The maximum atomic E-state index is 13.4. The molecule has 2 aromatic rings. The van der Waals surface area contributed by atoms with E-state index in [4.69, 9.17) is 4.74 Å². The fourth-order valence-corrected chi connectivity index (χ4v) is 3.63. The van der Waals surface area contributed by atoms with E-state index >= 15 is 0 Å². The molecule has 0 unspecified atom stereocenters. The van der Waals surface area contributed by atoms with Crippen LogP contribution in [-0.4, -0.2) is 52.5 Å². The molecule has 0 aliphatic heterocycles. The molecule has 1 aromatic carbocycles. The summed E-state index contributed by atoms with van der Waals surface area (Å²) in [5, 5.41) is 0. The van der Waals surface area contributed by atoms with Gasteiger partial charge in [0.05, 0.1) is 13.1 Å². The Morgan fingerprint density at radius 3 is 2.34 bits per heavy atom. The molecule has 0 radical (unpaired) electrons. The maximum absolute atomic E-state index is 13.4. The van der Waals surface area contributed by atoms with Gasteiger partial charge in [0.2, 0.25) is 11.8 Å². The molecule has 0 aliphatic rings. The summed E-state index contributed by atoms with van der Waals surface area (Å²) in [4.78, 5) is 29.9. The Morgan fingerprint density at radius 1 is 0.906 bits per heavy atom. The highest BCUT2D eigenvalue weighted by atomic mass is 16.5. The van der Waals surface area contributed by atoms with Gasteiger partial charge in [0.25, 0.3) is 0 Å². The van der Waals surface area contributed by atoms with Crippen LogP contribution in [0.4, 0.5) is 0 Å². The molecule has 2 amide bonds. The average molecular weight is 442 g/mol. The Kier molecular flexibility index (Phi) is 11.6. The molecule has 1 aromatic heterocycles. The predicted octanol–water partition coefficient (Wildman–Crippen LogP) is 4.39. The second kappa shape index (κ2) is 14.5. The summed E-state index contributed by atoms with van der Waals surface area (Å²) in [6, 6.07) is 14.0. The summed E-state index contributed by atoms with van der Waals surface area (Å²) in [7, 11) is 1.98. The van der Waals surface area contributed by atoms with Crippen molar-refractivity contribution >= 4 is 11.8 Å². The number of carbonyl (C=O) groups excluding carboxylic acids is 2. The number of unbranched alkanes of at least 4 members (excludes halogenated alkanes) is 2. The summed E-state index contributed by atoms with van der Waals surface area (Å²) in [5.74, 6) is 0.0251. The lowest BCUT2D eigenvalue weighted by Gasteiger charge is -2.28. The van der Waals surface area contributed by atoms with Crippen LogP contribution in [0.1, 0.15) is 57.2 Å². The SMILES string of the molecule is CCCCCC(=O)N(CCCOCC)CC(=O)N(Cc1ccccc1)Cc1cccn1C. The van der Waals surface area contributed by atoms with Gasteiger partial charge in [-0.25, -0.2) is 0 Å². The molecule has 0 atom stereocenters. The molecular formula is C26H39N3O3. The molecule has 2 rings (SSSR count). The Balaban J connectivity index is 2.11. The standard InChI is InChI=1S/C26H39N3O3/c1-4-6-8-16-25(30)28(18-12-19-32-5-2)22-26(31)29(20-23-13-9-7-10-14-23)21-24-15-11-17-27(24)3/h7,9-11,13-15,17H,4-6,8,12,16,18-22H2,1-3H3. The summed E-state index contributed by atoms with van der Waals surface area (Å²) < 4.78 is 7.47. The molecule has 6 heteroatoms. The predicted molar refractivity (Wildman–Crippen MR) is 128 cm³/mol. The zero-order valence-corrected chi connectivity index (χ0v) is 20.0. The quantitative estimate of drug-likeness (QED) is 0.385. The van der Waals surface area contributed by atoms with E-state index < -0.39 is 0 Å². The molecule has 32 heavy (non-hydrogen) atoms. The monoisotopic (exact) mass is 441 g/mol. The van der Waals surface area contributed by atoms with Gasteiger partial charge in [-0.2, -0.15) is 0 Å². The molecule has 6 nitrogen and oxygen atoms in total. The Morgan fingerprint density at radius 2 is 1.69 bits per heavy atom. The van der Waals surface area contributed by atoms with Gasteiger partial charge < -0.3 is 19.1 Å². The van der Waals surface area contributed by atoms with Crippen LogP contribution < -0.4 is 0 Å². The van der Waals surface area contributed by atoms with Crippen LogP contribution in [0, 0.1) is 0 Å². The number of hydrogen-bond donors (Lipinski definition) is 0. The zero-order valence-electron chi connectivity index (χ0n) is 20.0. The fourth-order valence-electron chi connectivity index (χ4n) is 3.63. The Hall–Kier alpha value is -2.60. The first-order valence-corrected chi connectivity index (χ1v) is 11.8. The molecule has 0 fully saturated rings. The van der Waals surface area contributed by atoms with Crippen molar-refractivity contribution in [2.24, 2.45) is 7.05 Å². The highest BCUT2D eigenvalue weighted by molar-refractivity contribution is 5.84. The van der Waals surface area contributed by atoms with Gasteiger partial charge in [0.1, 0.15) is 0 Å². The second-order valence-corrected chi connectivity index (χ2v) is 8.17. The first-order valence-electron chi connectivity index (χ1n) is 11.8. The van der Waals surface area contributed by atoms with Crippen LogP contribution in [0.25, 0.3) is 0 Å². The molecule has 1 heterocycles. The smallest absolute Gasteiger partial charge is 0.242 e. The van der Waals surface area contributed by atoms with E-state index in [-0.39, 0.29) is 18.4 Å². The van der Waals surface area contributed by atoms with Gasteiger partial charge in [0, 0.05) is 51.7 Å². The highest BCUT2D eigenvalue weighted by Crippen LogP contribution is 2.13.